The average Bonchev–Trinajstić information content (AvgIpc) is 3.15. The zero-order valence-corrected chi connectivity index (χ0v) is 19.7. The molecule has 8 heteroatoms. The molecule has 1 aromatic heterocycles. The van der Waals surface area contributed by atoms with Crippen molar-refractivity contribution < 1.29 is 19.0 Å². The number of hydrogen-bond acceptors (Lipinski definition) is 7. The molecule has 1 aliphatic rings. The summed E-state index contributed by atoms with van der Waals surface area (Å²) < 4.78 is 17.0. The van der Waals surface area contributed by atoms with Crippen molar-refractivity contribution in [2.45, 2.75) is 19.4 Å². The molecule has 0 N–H and O–H groups in total. The molecule has 0 bridgehead atoms. The highest BCUT2D eigenvalue weighted by atomic mass is 32.9. The molecule has 0 saturated heterocycles. The molecule has 2 heterocycles. The zero-order chi connectivity index (χ0) is 21.6. The summed E-state index contributed by atoms with van der Waals surface area (Å²) in [6.45, 7) is 4.10. The van der Waals surface area contributed by atoms with Crippen LogP contribution in [0.4, 0.5) is 5.69 Å². The van der Waals surface area contributed by atoms with Crippen LogP contribution >= 0.6 is 32.9 Å². The van der Waals surface area contributed by atoms with Gasteiger partial charge in [0.15, 0.2) is 11.5 Å². The number of anilines is 1. The summed E-state index contributed by atoms with van der Waals surface area (Å²) in [6.07, 6.45) is 0. The molecule has 5 nitrogen and oxygen atoms in total. The van der Waals surface area contributed by atoms with Gasteiger partial charge in [0.1, 0.15) is 9.57 Å². The Hall–Kier alpha value is -2.42. The zero-order valence-electron chi connectivity index (χ0n) is 17.3. The minimum absolute atomic E-state index is 0.123. The highest BCUT2D eigenvalue weighted by Gasteiger charge is 2.43. The minimum atomic E-state index is -0.570. The van der Waals surface area contributed by atoms with Gasteiger partial charge in [-0.25, -0.2) is 0 Å². The monoisotopic (exact) mass is 459 g/mol. The predicted molar refractivity (Wildman–Crippen MR) is 124 cm³/mol. The first-order chi connectivity index (χ1) is 14.3. The first kappa shape index (κ1) is 20.8. The standard InChI is InChI=1S/C22H21NO4S3/c1-22(2)19-18(21(28)30-29-19)14-11-13(25-3)7-8-15(14)23(22)20(24)12-6-9-16(26-4)17(10-12)27-5/h6-11H,1-5H3. The number of amides is 1. The Kier molecular flexibility index (Phi) is 5.34. The van der Waals surface area contributed by atoms with Gasteiger partial charge >= 0.3 is 0 Å². The third-order valence-corrected chi connectivity index (χ3v) is 8.62. The van der Waals surface area contributed by atoms with E-state index in [9.17, 15) is 4.79 Å². The van der Waals surface area contributed by atoms with Crippen LogP contribution in [-0.2, 0) is 5.54 Å². The van der Waals surface area contributed by atoms with Gasteiger partial charge in [0, 0.05) is 16.7 Å². The number of rotatable bonds is 4. The Morgan fingerprint density at radius 2 is 1.70 bits per heavy atom. The third-order valence-electron chi connectivity index (χ3n) is 5.29. The van der Waals surface area contributed by atoms with E-state index in [4.69, 9.17) is 26.4 Å². The molecule has 0 fully saturated rings. The van der Waals surface area contributed by atoms with Gasteiger partial charge in [0.05, 0.1) is 37.4 Å². The van der Waals surface area contributed by atoms with E-state index in [2.05, 4.69) is 13.8 Å². The lowest BCUT2D eigenvalue weighted by atomic mass is 9.86. The van der Waals surface area contributed by atoms with E-state index in [1.54, 1.807) is 60.2 Å². The Morgan fingerprint density at radius 1 is 0.967 bits per heavy atom. The smallest absolute Gasteiger partial charge is 0.259 e. The van der Waals surface area contributed by atoms with Crippen LogP contribution in [0, 0.1) is 3.82 Å². The van der Waals surface area contributed by atoms with Gasteiger partial charge in [-0.15, -0.1) is 0 Å². The van der Waals surface area contributed by atoms with Gasteiger partial charge in [0.2, 0.25) is 0 Å². The maximum absolute atomic E-state index is 13.8. The number of nitrogens with zero attached hydrogens (tertiary/aromatic N) is 1. The molecular weight excluding hydrogens is 438 g/mol. The Labute approximate surface area is 187 Å². The fourth-order valence-electron chi connectivity index (χ4n) is 3.80. The van der Waals surface area contributed by atoms with Crippen LogP contribution in [0.5, 0.6) is 17.2 Å². The Balaban J connectivity index is 1.92. The van der Waals surface area contributed by atoms with Crippen molar-refractivity contribution in [3.8, 4) is 28.4 Å². The van der Waals surface area contributed by atoms with Crippen LogP contribution in [-0.4, -0.2) is 27.2 Å². The summed E-state index contributed by atoms with van der Waals surface area (Å²) in [6, 6.07) is 11.0. The predicted octanol–water partition coefficient (Wildman–Crippen LogP) is 6.13. The van der Waals surface area contributed by atoms with E-state index >= 15 is 0 Å². The normalized spacial score (nSPS) is 14.0. The van der Waals surface area contributed by atoms with Gasteiger partial charge in [-0.1, -0.05) is 32.9 Å². The summed E-state index contributed by atoms with van der Waals surface area (Å²) in [7, 11) is 7.95. The fraction of sp³-hybridized carbons (Fsp3) is 0.273. The van der Waals surface area contributed by atoms with Crippen molar-refractivity contribution in [1.29, 1.82) is 0 Å². The number of carbonyl (C=O) groups excluding carboxylic acids is 1. The third kappa shape index (κ3) is 3.10. The van der Waals surface area contributed by atoms with Crippen LogP contribution < -0.4 is 19.1 Å². The SMILES string of the molecule is COc1ccc2c(c1)-c1c(ssc1=S)C(C)(C)N2C(=O)c1ccc(OC)c(OC)c1. The van der Waals surface area contributed by atoms with Gasteiger partial charge in [-0.2, -0.15) is 0 Å². The fourth-order valence-corrected chi connectivity index (χ4v) is 7.08. The number of benzene rings is 2. The topological polar surface area (TPSA) is 48.0 Å². The van der Waals surface area contributed by atoms with Crippen molar-refractivity contribution in [1.82, 2.24) is 0 Å². The molecule has 0 unspecified atom stereocenters. The van der Waals surface area contributed by atoms with E-state index in [-0.39, 0.29) is 5.91 Å². The van der Waals surface area contributed by atoms with Crippen molar-refractivity contribution in [2.75, 3.05) is 26.2 Å². The van der Waals surface area contributed by atoms with Crippen LogP contribution in [0.2, 0.25) is 0 Å². The van der Waals surface area contributed by atoms with Gasteiger partial charge < -0.3 is 14.2 Å². The lowest BCUT2D eigenvalue weighted by Crippen LogP contribution is -2.47. The molecule has 4 rings (SSSR count). The summed E-state index contributed by atoms with van der Waals surface area (Å²) >= 11 is 5.64. The summed E-state index contributed by atoms with van der Waals surface area (Å²) in [5, 5.41) is 0. The summed E-state index contributed by atoms with van der Waals surface area (Å²) in [5.74, 6) is 1.70. The van der Waals surface area contributed by atoms with Crippen LogP contribution in [0.25, 0.3) is 11.1 Å². The molecule has 0 spiro atoms. The van der Waals surface area contributed by atoms with Gasteiger partial charge in [-0.3, -0.25) is 9.69 Å². The first-order valence-electron chi connectivity index (χ1n) is 9.22. The minimum Gasteiger partial charge on any atom is -0.497 e. The van der Waals surface area contributed by atoms with Crippen molar-refractivity contribution in [3.05, 3.63) is 50.7 Å². The molecule has 2 aromatic carbocycles. The van der Waals surface area contributed by atoms with E-state index in [0.29, 0.717) is 17.1 Å². The number of hydrogen-bond donors (Lipinski definition) is 0. The quantitative estimate of drug-likeness (QED) is 0.347. The maximum atomic E-state index is 13.8. The highest BCUT2D eigenvalue weighted by molar-refractivity contribution is 7.80. The van der Waals surface area contributed by atoms with Gasteiger partial charge in [0.25, 0.3) is 5.91 Å². The molecule has 0 aliphatic carbocycles. The van der Waals surface area contributed by atoms with Crippen LogP contribution in [0.1, 0.15) is 29.1 Å². The molecule has 1 amide bonds. The van der Waals surface area contributed by atoms with E-state index in [1.165, 1.54) is 0 Å². The molecule has 156 valence electrons. The molecule has 3 aromatic rings. The first-order valence-corrected chi connectivity index (χ1v) is 11.8. The Morgan fingerprint density at radius 3 is 2.37 bits per heavy atom. The molecule has 1 aliphatic heterocycles. The summed E-state index contributed by atoms with van der Waals surface area (Å²) in [5.41, 5.74) is 2.70. The molecule has 30 heavy (non-hydrogen) atoms. The van der Waals surface area contributed by atoms with E-state index < -0.39 is 5.54 Å². The molecule has 0 atom stereocenters. The Bertz CT molecular complexity index is 1200. The molecular formula is C22H21NO4S3. The summed E-state index contributed by atoms with van der Waals surface area (Å²) in [4.78, 5) is 16.7. The lowest BCUT2D eigenvalue weighted by Gasteiger charge is -2.43. The molecule has 0 radical (unpaired) electrons. The number of fused-ring (bicyclic) bond motifs is 3. The maximum Gasteiger partial charge on any atom is 0.259 e. The number of ether oxygens (including phenoxy) is 3. The van der Waals surface area contributed by atoms with Crippen molar-refractivity contribution in [3.63, 3.8) is 0 Å². The average molecular weight is 460 g/mol. The van der Waals surface area contributed by atoms with Crippen LogP contribution in [0.3, 0.4) is 0 Å². The van der Waals surface area contributed by atoms with Gasteiger partial charge in [-0.05, 0) is 50.2 Å². The largest absolute Gasteiger partial charge is 0.497 e. The van der Waals surface area contributed by atoms with E-state index in [1.807, 2.05) is 23.1 Å². The second-order valence-electron chi connectivity index (χ2n) is 7.31. The van der Waals surface area contributed by atoms with E-state index in [0.717, 1.165) is 31.3 Å². The number of carbonyl (C=O) groups is 1. The lowest BCUT2D eigenvalue weighted by molar-refractivity contribution is 0.0961. The van der Waals surface area contributed by atoms with Crippen LogP contribution in [0.15, 0.2) is 36.4 Å². The second kappa shape index (κ2) is 7.68. The van der Waals surface area contributed by atoms with Crippen molar-refractivity contribution >= 4 is 44.5 Å². The molecule has 0 saturated carbocycles. The number of methoxy groups -OCH3 is 3. The van der Waals surface area contributed by atoms with Crippen molar-refractivity contribution in [2.24, 2.45) is 0 Å². The highest BCUT2D eigenvalue weighted by Crippen LogP contribution is 2.53. The second-order valence-corrected chi connectivity index (χ2v) is 10.1.